The van der Waals surface area contributed by atoms with Gasteiger partial charge in [0.15, 0.2) is 5.76 Å². The van der Waals surface area contributed by atoms with Gasteiger partial charge in [0.25, 0.3) is 5.88 Å². The molecule has 1 rings (SSSR count). The van der Waals surface area contributed by atoms with E-state index in [-0.39, 0.29) is 6.04 Å². The predicted octanol–water partition coefficient (Wildman–Crippen LogP) is 2.90. The van der Waals surface area contributed by atoms with Crippen LogP contribution >= 0.6 is 22.6 Å². The minimum atomic E-state index is -0.0251. The predicted molar refractivity (Wildman–Crippen MR) is 71.6 cm³/mol. The fourth-order valence-corrected chi connectivity index (χ4v) is 1.92. The Morgan fingerprint density at radius 2 is 2.44 bits per heavy atom. The van der Waals surface area contributed by atoms with Crippen molar-refractivity contribution < 1.29 is 9.26 Å². The van der Waals surface area contributed by atoms with E-state index in [9.17, 15) is 0 Å². The monoisotopic (exact) mass is 336 g/mol. The Morgan fingerprint density at radius 1 is 1.69 bits per heavy atom. The summed E-state index contributed by atoms with van der Waals surface area (Å²) in [5, 5.41) is 6.99. The molecule has 0 saturated heterocycles. The molecule has 0 radical (unpaired) electrons. The minimum Gasteiger partial charge on any atom is -0.475 e. The van der Waals surface area contributed by atoms with E-state index < -0.39 is 0 Å². The lowest BCUT2D eigenvalue weighted by molar-refractivity contribution is 0.268. The second-order valence-corrected chi connectivity index (χ2v) is 4.45. The summed E-state index contributed by atoms with van der Waals surface area (Å²) >= 11 is 2.18. The second-order valence-electron chi connectivity index (χ2n) is 3.37. The van der Waals surface area contributed by atoms with Gasteiger partial charge in [-0.15, -0.1) is 6.58 Å². The average molecular weight is 336 g/mol. The molecule has 1 atom stereocenters. The van der Waals surface area contributed by atoms with Crippen molar-refractivity contribution in [1.29, 1.82) is 0 Å². The maximum Gasteiger partial charge on any atom is 0.268 e. The van der Waals surface area contributed by atoms with Gasteiger partial charge >= 0.3 is 0 Å². The van der Waals surface area contributed by atoms with Crippen LogP contribution in [0, 0.1) is 3.57 Å². The van der Waals surface area contributed by atoms with Crippen molar-refractivity contribution >= 4 is 22.6 Å². The van der Waals surface area contributed by atoms with Gasteiger partial charge in [-0.25, -0.2) is 0 Å². The summed E-state index contributed by atoms with van der Waals surface area (Å²) in [6.07, 6.45) is 3.90. The van der Waals surface area contributed by atoms with E-state index in [0.29, 0.717) is 12.5 Å². The molecule has 5 heteroatoms. The number of halogens is 1. The normalized spacial score (nSPS) is 12.4. The quantitative estimate of drug-likeness (QED) is 0.473. The fourth-order valence-electron chi connectivity index (χ4n) is 1.23. The molecule has 4 nitrogen and oxygen atoms in total. The number of nitrogens with one attached hydrogen (secondary N) is 1. The van der Waals surface area contributed by atoms with Crippen LogP contribution in [0.25, 0.3) is 0 Å². The molecule has 0 aromatic carbocycles. The number of aromatic nitrogens is 1. The lowest BCUT2D eigenvalue weighted by Crippen LogP contribution is -2.13. The highest BCUT2D eigenvalue weighted by molar-refractivity contribution is 14.1. The van der Waals surface area contributed by atoms with Crippen LogP contribution in [0.1, 0.15) is 31.6 Å². The average Bonchev–Trinajstić information content (AvgIpc) is 2.64. The van der Waals surface area contributed by atoms with E-state index in [0.717, 1.165) is 22.2 Å². The SMILES string of the molecule is C=C[C@@H](NC)c1onc(OCCCC)c1I. The van der Waals surface area contributed by atoms with Gasteiger partial charge < -0.3 is 14.6 Å². The van der Waals surface area contributed by atoms with Crippen molar-refractivity contribution in [3.63, 3.8) is 0 Å². The Hall–Kier alpha value is -0.560. The van der Waals surface area contributed by atoms with Gasteiger partial charge in [-0.2, -0.15) is 0 Å². The zero-order valence-corrected chi connectivity index (χ0v) is 11.8. The number of unbranched alkanes of at least 4 members (excludes halogenated alkanes) is 1. The van der Waals surface area contributed by atoms with Crippen molar-refractivity contribution in [2.45, 2.75) is 25.8 Å². The van der Waals surface area contributed by atoms with Crippen LogP contribution in [0.3, 0.4) is 0 Å². The number of nitrogens with zero attached hydrogens (tertiary/aromatic N) is 1. The third kappa shape index (κ3) is 3.21. The molecule has 1 aromatic heterocycles. The van der Waals surface area contributed by atoms with Crippen molar-refractivity contribution in [3.8, 4) is 5.88 Å². The van der Waals surface area contributed by atoms with Crippen molar-refractivity contribution in [2.24, 2.45) is 0 Å². The summed E-state index contributed by atoms with van der Waals surface area (Å²) in [5.41, 5.74) is 0. The van der Waals surface area contributed by atoms with Gasteiger partial charge in [0, 0.05) is 0 Å². The van der Waals surface area contributed by atoms with Crippen LogP contribution < -0.4 is 10.1 Å². The molecule has 0 unspecified atom stereocenters. The maximum absolute atomic E-state index is 5.52. The summed E-state index contributed by atoms with van der Waals surface area (Å²) in [7, 11) is 1.85. The van der Waals surface area contributed by atoms with Crippen molar-refractivity contribution in [2.75, 3.05) is 13.7 Å². The van der Waals surface area contributed by atoms with Crippen molar-refractivity contribution in [1.82, 2.24) is 10.5 Å². The van der Waals surface area contributed by atoms with Gasteiger partial charge in [-0.1, -0.05) is 19.4 Å². The van der Waals surface area contributed by atoms with Gasteiger partial charge in [0.2, 0.25) is 0 Å². The van der Waals surface area contributed by atoms with E-state index in [1.54, 1.807) is 6.08 Å². The number of hydrogen-bond acceptors (Lipinski definition) is 4. The lowest BCUT2D eigenvalue weighted by atomic mass is 10.2. The first-order chi connectivity index (χ1) is 7.74. The largest absolute Gasteiger partial charge is 0.475 e. The van der Waals surface area contributed by atoms with Gasteiger partial charge in [0.05, 0.1) is 12.6 Å². The summed E-state index contributed by atoms with van der Waals surface area (Å²) < 4.78 is 11.7. The van der Waals surface area contributed by atoms with E-state index in [4.69, 9.17) is 9.26 Å². The van der Waals surface area contributed by atoms with Crippen molar-refractivity contribution in [3.05, 3.63) is 22.0 Å². The molecule has 0 amide bonds. The molecule has 0 saturated carbocycles. The maximum atomic E-state index is 5.52. The standard InChI is InChI=1S/C11H17IN2O2/c1-4-6-7-15-11-9(12)10(16-14-11)8(5-2)13-3/h5,8,13H,2,4,6-7H2,1,3H3/t8-/m1/s1. The molecule has 0 spiro atoms. The third-order valence-corrected chi connectivity index (χ3v) is 3.19. The van der Waals surface area contributed by atoms with Gasteiger partial charge in [-0.3, -0.25) is 0 Å². The molecule has 1 heterocycles. The summed E-state index contributed by atoms with van der Waals surface area (Å²) in [6.45, 7) is 6.54. The number of hydrogen-bond donors (Lipinski definition) is 1. The topological polar surface area (TPSA) is 47.3 Å². The highest BCUT2D eigenvalue weighted by atomic mass is 127. The number of likely N-dealkylation sites (N-methyl/N-ethyl adjacent to an activating group) is 1. The lowest BCUT2D eigenvalue weighted by Gasteiger charge is -2.06. The van der Waals surface area contributed by atoms with Gasteiger partial charge in [0.1, 0.15) is 3.57 Å². The first-order valence-corrected chi connectivity index (χ1v) is 6.40. The second kappa shape index (κ2) is 6.90. The molecule has 0 fully saturated rings. The number of ether oxygens (including phenoxy) is 1. The summed E-state index contributed by atoms with van der Waals surface area (Å²) in [5.74, 6) is 1.33. The van der Waals surface area contributed by atoms with Crippen LogP contribution in [0.5, 0.6) is 5.88 Å². The highest BCUT2D eigenvalue weighted by Gasteiger charge is 2.20. The zero-order valence-electron chi connectivity index (χ0n) is 9.62. The molecule has 16 heavy (non-hydrogen) atoms. The summed E-state index contributed by atoms with van der Waals surface area (Å²) in [4.78, 5) is 0. The Morgan fingerprint density at radius 3 is 3.00 bits per heavy atom. The molecular weight excluding hydrogens is 319 g/mol. The van der Waals surface area contributed by atoms with Crippen LogP contribution in [0.2, 0.25) is 0 Å². The Kier molecular flexibility index (Phi) is 5.83. The van der Waals surface area contributed by atoms with Gasteiger partial charge in [-0.05, 0) is 41.2 Å². The Bertz CT molecular complexity index is 339. The molecule has 1 aromatic rings. The molecule has 90 valence electrons. The van der Waals surface area contributed by atoms with Crippen LogP contribution in [0.4, 0.5) is 0 Å². The first-order valence-electron chi connectivity index (χ1n) is 5.32. The molecular formula is C11H17IN2O2. The number of rotatable bonds is 7. The molecule has 0 aliphatic heterocycles. The smallest absolute Gasteiger partial charge is 0.268 e. The van der Waals surface area contributed by atoms with E-state index >= 15 is 0 Å². The Labute approximate surface area is 110 Å². The zero-order chi connectivity index (χ0) is 12.0. The summed E-state index contributed by atoms with van der Waals surface area (Å²) in [6, 6.07) is -0.0251. The van der Waals surface area contributed by atoms with E-state index in [2.05, 4.69) is 46.6 Å². The Balaban J connectivity index is 2.71. The molecule has 0 bridgehead atoms. The van der Waals surface area contributed by atoms with Crippen LogP contribution in [-0.4, -0.2) is 18.8 Å². The minimum absolute atomic E-state index is 0.0251. The molecule has 1 N–H and O–H groups in total. The van der Waals surface area contributed by atoms with Crippen LogP contribution in [-0.2, 0) is 0 Å². The molecule has 0 aliphatic carbocycles. The van der Waals surface area contributed by atoms with E-state index in [1.165, 1.54) is 0 Å². The van der Waals surface area contributed by atoms with E-state index in [1.807, 2.05) is 7.05 Å². The fraction of sp³-hybridized carbons (Fsp3) is 0.545. The first kappa shape index (κ1) is 13.5. The third-order valence-electron chi connectivity index (χ3n) is 2.20. The molecule has 0 aliphatic rings. The highest BCUT2D eigenvalue weighted by Crippen LogP contribution is 2.28. The van der Waals surface area contributed by atoms with Crippen LogP contribution in [0.15, 0.2) is 17.2 Å².